The zero-order valence-electron chi connectivity index (χ0n) is 6.68. The quantitative estimate of drug-likeness (QED) is 0.624. The molecule has 0 bridgehead atoms. The summed E-state index contributed by atoms with van der Waals surface area (Å²) in [6.45, 7) is 1.85. The van der Waals surface area contributed by atoms with Crippen LogP contribution in [0.15, 0.2) is 30.9 Å². The summed E-state index contributed by atoms with van der Waals surface area (Å²) < 4.78 is 1.70. The summed E-state index contributed by atoms with van der Waals surface area (Å²) in [6.07, 6.45) is 5.15. The number of hydrogen-bond acceptors (Lipinski definition) is 3. The van der Waals surface area contributed by atoms with E-state index in [1.807, 2.05) is 19.1 Å². The molecule has 0 saturated heterocycles. The SMILES string of the molecule is Cc1ncn(-c2cccnc2)n1. The van der Waals surface area contributed by atoms with Gasteiger partial charge in [-0.3, -0.25) is 4.98 Å². The van der Waals surface area contributed by atoms with Gasteiger partial charge in [-0.25, -0.2) is 9.67 Å². The molecule has 0 aliphatic carbocycles. The third kappa shape index (κ3) is 1.18. The molecule has 4 heteroatoms. The molecule has 0 aliphatic heterocycles. The molecule has 0 aliphatic rings. The van der Waals surface area contributed by atoms with Crippen LogP contribution < -0.4 is 0 Å². The molecule has 4 nitrogen and oxygen atoms in total. The molecule has 0 unspecified atom stereocenters. The molecule has 60 valence electrons. The van der Waals surface area contributed by atoms with E-state index in [9.17, 15) is 0 Å². The molecule has 2 rings (SSSR count). The zero-order valence-corrected chi connectivity index (χ0v) is 6.68. The first-order chi connectivity index (χ1) is 5.86. The highest BCUT2D eigenvalue weighted by atomic mass is 15.3. The third-order valence-corrected chi connectivity index (χ3v) is 1.52. The molecule has 0 saturated carbocycles. The molecular formula is C8H8N4. The summed E-state index contributed by atoms with van der Waals surface area (Å²) in [5.74, 6) is 0.763. The van der Waals surface area contributed by atoms with Gasteiger partial charge in [0.25, 0.3) is 0 Å². The van der Waals surface area contributed by atoms with Crippen LogP contribution in [0.3, 0.4) is 0 Å². The van der Waals surface area contributed by atoms with Crippen LogP contribution in [0.4, 0.5) is 0 Å². The first-order valence-corrected chi connectivity index (χ1v) is 3.65. The van der Waals surface area contributed by atoms with Gasteiger partial charge in [0.2, 0.25) is 0 Å². The van der Waals surface area contributed by atoms with E-state index in [1.54, 1.807) is 23.4 Å². The van der Waals surface area contributed by atoms with Gasteiger partial charge in [-0.1, -0.05) is 0 Å². The van der Waals surface area contributed by atoms with E-state index in [0.29, 0.717) is 0 Å². The van der Waals surface area contributed by atoms with Gasteiger partial charge in [0.05, 0.1) is 11.9 Å². The molecule has 2 aromatic rings. The Kier molecular flexibility index (Phi) is 1.59. The van der Waals surface area contributed by atoms with Crippen molar-refractivity contribution < 1.29 is 0 Å². The highest BCUT2D eigenvalue weighted by Gasteiger charge is 1.96. The van der Waals surface area contributed by atoms with Crippen LogP contribution in [0.5, 0.6) is 0 Å². The number of aryl methyl sites for hydroxylation is 1. The molecule has 2 aromatic heterocycles. The summed E-state index contributed by atoms with van der Waals surface area (Å²) in [5, 5.41) is 4.15. The fraction of sp³-hybridized carbons (Fsp3) is 0.125. The predicted octanol–water partition coefficient (Wildman–Crippen LogP) is 0.971. The Morgan fingerprint density at radius 1 is 1.42 bits per heavy atom. The molecule has 0 amide bonds. The van der Waals surface area contributed by atoms with E-state index >= 15 is 0 Å². The van der Waals surface area contributed by atoms with Crippen molar-refractivity contribution in [2.24, 2.45) is 0 Å². The maximum atomic E-state index is 4.15. The fourth-order valence-corrected chi connectivity index (χ4v) is 0.959. The maximum Gasteiger partial charge on any atom is 0.147 e. The van der Waals surface area contributed by atoms with Gasteiger partial charge in [-0.05, 0) is 19.1 Å². The van der Waals surface area contributed by atoms with Crippen LogP contribution in [-0.2, 0) is 0 Å². The van der Waals surface area contributed by atoms with Crippen molar-refractivity contribution in [3.63, 3.8) is 0 Å². The molecule has 0 fully saturated rings. The minimum absolute atomic E-state index is 0.763. The molecular weight excluding hydrogens is 152 g/mol. The largest absolute Gasteiger partial charge is 0.262 e. The topological polar surface area (TPSA) is 43.6 Å². The van der Waals surface area contributed by atoms with Crippen molar-refractivity contribution in [2.45, 2.75) is 6.92 Å². The van der Waals surface area contributed by atoms with Gasteiger partial charge < -0.3 is 0 Å². The van der Waals surface area contributed by atoms with Crippen LogP contribution in [0.25, 0.3) is 5.69 Å². The molecule has 0 N–H and O–H groups in total. The van der Waals surface area contributed by atoms with Gasteiger partial charge >= 0.3 is 0 Å². The van der Waals surface area contributed by atoms with Crippen LogP contribution in [0, 0.1) is 6.92 Å². The van der Waals surface area contributed by atoms with Crippen molar-refractivity contribution in [3.05, 3.63) is 36.7 Å². The summed E-state index contributed by atoms with van der Waals surface area (Å²) in [7, 11) is 0. The van der Waals surface area contributed by atoms with Crippen molar-refractivity contribution >= 4 is 0 Å². The van der Waals surface area contributed by atoms with Crippen molar-refractivity contribution in [1.29, 1.82) is 0 Å². The van der Waals surface area contributed by atoms with E-state index < -0.39 is 0 Å². The third-order valence-electron chi connectivity index (χ3n) is 1.52. The first kappa shape index (κ1) is 6.97. The number of rotatable bonds is 1. The van der Waals surface area contributed by atoms with E-state index in [0.717, 1.165) is 11.5 Å². The van der Waals surface area contributed by atoms with Crippen molar-refractivity contribution in [2.75, 3.05) is 0 Å². The maximum absolute atomic E-state index is 4.15. The molecule has 0 atom stereocenters. The van der Waals surface area contributed by atoms with Gasteiger partial charge in [0, 0.05) is 6.20 Å². The van der Waals surface area contributed by atoms with Crippen LogP contribution in [0.2, 0.25) is 0 Å². The van der Waals surface area contributed by atoms with E-state index in [2.05, 4.69) is 15.1 Å². The first-order valence-electron chi connectivity index (χ1n) is 3.65. The second kappa shape index (κ2) is 2.73. The van der Waals surface area contributed by atoms with E-state index in [1.165, 1.54) is 0 Å². The summed E-state index contributed by atoms with van der Waals surface area (Å²) in [6, 6.07) is 3.80. The normalized spacial score (nSPS) is 10.1. The lowest BCUT2D eigenvalue weighted by Gasteiger charge is -1.96. The van der Waals surface area contributed by atoms with Crippen LogP contribution in [0.1, 0.15) is 5.82 Å². The average molecular weight is 160 g/mol. The highest BCUT2D eigenvalue weighted by molar-refractivity contribution is 5.25. The lowest BCUT2D eigenvalue weighted by Crippen LogP contribution is -1.94. The summed E-state index contributed by atoms with van der Waals surface area (Å²) in [5.41, 5.74) is 0.929. The smallest absolute Gasteiger partial charge is 0.147 e. The number of hydrogen-bond donors (Lipinski definition) is 0. The molecule has 2 heterocycles. The monoisotopic (exact) mass is 160 g/mol. The Balaban J connectivity index is 2.45. The Hall–Kier alpha value is -1.71. The van der Waals surface area contributed by atoms with E-state index in [4.69, 9.17) is 0 Å². The predicted molar refractivity (Wildman–Crippen MR) is 43.9 cm³/mol. The highest BCUT2D eigenvalue weighted by Crippen LogP contribution is 2.01. The van der Waals surface area contributed by atoms with Gasteiger partial charge in [-0.15, -0.1) is 0 Å². The molecule has 0 aromatic carbocycles. The number of pyridine rings is 1. The second-order valence-electron chi connectivity index (χ2n) is 2.45. The van der Waals surface area contributed by atoms with Gasteiger partial charge in [0.1, 0.15) is 12.2 Å². The summed E-state index contributed by atoms with van der Waals surface area (Å²) >= 11 is 0. The zero-order chi connectivity index (χ0) is 8.39. The summed E-state index contributed by atoms with van der Waals surface area (Å²) in [4.78, 5) is 8.00. The Morgan fingerprint density at radius 3 is 2.92 bits per heavy atom. The Labute approximate surface area is 69.9 Å². The standard InChI is InChI=1S/C8H8N4/c1-7-10-6-12(11-7)8-3-2-4-9-5-8/h2-6H,1H3. The fourth-order valence-electron chi connectivity index (χ4n) is 0.959. The number of nitrogens with zero attached hydrogens (tertiary/aromatic N) is 4. The minimum Gasteiger partial charge on any atom is -0.262 e. The van der Waals surface area contributed by atoms with Crippen molar-refractivity contribution in [3.8, 4) is 5.69 Å². The molecule has 0 radical (unpaired) electrons. The second-order valence-corrected chi connectivity index (χ2v) is 2.45. The molecule has 0 spiro atoms. The van der Waals surface area contributed by atoms with Crippen LogP contribution >= 0.6 is 0 Å². The van der Waals surface area contributed by atoms with Gasteiger partial charge in [-0.2, -0.15) is 5.10 Å². The lowest BCUT2D eigenvalue weighted by atomic mass is 10.4. The van der Waals surface area contributed by atoms with Crippen LogP contribution in [-0.4, -0.2) is 19.7 Å². The Bertz CT molecular complexity index is 366. The number of aromatic nitrogens is 4. The average Bonchev–Trinajstić information content (AvgIpc) is 2.54. The lowest BCUT2D eigenvalue weighted by molar-refractivity contribution is 0.857. The minimum atomic E-state index is 0.763. The van der Waals surface area contributed by atoms with Crippen molar-refractivity contribution in [1.82, 2.24) is 19.7 Å². The van der Waals surface area contributed by atoms with E-state index in [-0.39, 0.29) is 0 Å². The molecule has 12 heavy (non-hydrogen) atoms. The Morgan fingerprint density at radius 2 is 2.33 bits per heavy atom. The van der Waals surface area contributed by atoms with Gasteiger partial charge in [0.15, 0.2) is 0 Å².